The number of hydrogen-bond acceptors (Lipinski definition) is 4. The van der Waals surface area contributed by atoms with Crippen molar-refractivity contribution in [2.75, 3.05) is 18.5 Å². The summed E-state index contributed by atoms with van der Waals surface area (Å²) < 4.78 is 10.7. The van der Waals surface area contributed by atoms with Gasteiger partial charge < -0.3 is 14.8 Å². The maximum Gasteiger partial charge on any atom is 0.338 e. The van der Waals surface area contributed by atoms with E-state index in [4.69, 9.17) is 9.47 Å². The molecular formula is C21H25NO4. The highest BCUT2D eigenvalue weighted by Crippen LogP contribution is 2.14. The molecule has 0 saturated carbocycles. The summed E-state index contributed by atoms with van der Waals surface area (Å²) in [6.45, 7) is 6.44. The summed E-state index contributed by atoms with van der Waals surface area (Å²) in [5.41, 5.74) is 2.13. The van der Waals surface area contributed by atoms with Crippen LogP contribution in [-0.4, -0.2) is 25.1 Å². The van der Waals surface area contributed by atoms with Crippen LogP contribution in [0, 0.1) is 12.8 Å². The summed E-state index contributed by atoms with van der Waals surface area (Å²) in [5, 5.41) is 2.73. The summed E-state index contributed by atoms with van der Waals surface area (Å²) in [6, 6.07) is 14.1. The van der Waals surface area contributed by atoms with Crippen LogP contribution >= 0.6 is 0 Å². The number of rotatable bonds is 8. The predicted molar refractivity (Wildman–Crippen MR) is 101 cm³/mol. The summed E-state index contributed by atoms with van der Waals surface area (Å²) in [7, 11) is 0. The highest BCUT2D eigenvalue weighted by molar-refractivity contribution is 5.93. The number of carbonyl (C=O) groups is 2. The third-order valence-corrected chi connectivity index (χ3v) is 3.69. The highest BCUT2D eigenvalue weighted by Gasteiger charge is 2.09. The van der Waals surface area contributed by atoms with Crippen molar-refractivity contribution < 1.29 is 19.1 Å². The second-order valence-corrected chi connectivity index (χ2v) is 6.55. The molecule has 0 aliphatic rings. The van der Waals surface area contributed by atoms with Crippen LogP contribution in [0.1, 0.15) is 36.2 Å². The van der Waals surface area contributed by atoms with E-state index in [1.54, 1.807) is 30.3 Å². The molecule has 26 heavy (non-hydrogen) atoms. The largest absolute Gasteiger partial charge is 0.484 e. The molecule has 138 valence electrons. The minimum absolute atomic E-state index is 0.0809. The standard InChI is InChI=1S/C21H25NO4/c1-15(2)11-12-25-21(24)17-7-9-18(10-8-17)22-20(23)14-26-19-6-4-5-16(3)13-19/h4-10,13,15H,11-12,14H2,1-3H3,(H,22,23). The number of amides is 1. The van der Waals surface area contributed by atoms with E-state index in [2.05, 4.69) is 19.2 Å². The Balaban J connectivity index is 1.80. The van der Waals surface area contributed by atoms with Crippen molar-refractivity contribution in [1.29, 1.82) is 0 Å². The minimum Gasteiger partial charge on any atom is -0.484 e. The second-order valence-electron chi connectivity index (χ2n) is 6.55. The lowest BCUT2D eigenvalue weighted by molar-refractivity contribution is -0.118. The molecule has 0 atom stereocenters. The smallest absolute Gasteiger partial charge is 0.338 e. The van der Waals surface area contributed by atoms with Gasteiger partial charge in [-0.15, -0.1) is 0 Å². The molecule has 2 aromatic rings. The van der Waals surface area contributed by atoms with E-state index in [1.165, 1.54) is 0 Å². The van der Waals surface area contributed by atoms with Gasteiger partial charge >= 0.3 is 5.97 Å². The Kier molecular flexibility index (Phi) is 7.21. The van der Waals surface area contributed by atoms with Gasteiger partial charge in [-0.2, -0.15) is 0 Å². The van der Waals surface area contributed by atoms with Crippen LogP contribution in [0.3, 0.4) is 0 Å². The van der Waals surface area contributed by atoms with Crippen molar-refractivity contribution in [3.05, 3.63) is 59.7 Å². The van der Waals surface area contributed by atoms with E-state index in [9.17, 15) is 9.59 Å². The molecule has 0 aliphatic heterocycles. The van der Waals surface area contributed by atoms with Gasteiger partial charge in [0.15, 0.2) is 6.61 Å². The van der Waals surface area contributed by atoms with Crippen LogP contribution in [0.5, 0.6) is 5.75 Å². The number of aryl methyl sites for hydroxylation is 1. The topological polar surface area (TPSA) is 64.6 Å². The first-order chi connectivity index (χ1) is 12.4. The van der Waals surface area contributed by atoms with E-state index >= 15 is 0 Å². The number of esters is 1. The molecule has 0 spiro atoms. The molecule has 0 aromatic heterocycles. The molecular weight excluding hydrogens is 330 g/mol. The normalized spacial score (nSPS) is 10.5. The fourth-order valence-electron chi connectivity index (χ4n) is 2.21. The van der Waals surface area contributed by atoms with E-state index < -0.39 is 0 Å². The van der Waals surface area contributed by atoms with Crippen LogP contribution in [0.4, 0.5) is 5.69 Å². The average Bonchev–Trinajstić information content (AvgIpc) is 2.60. The Hall–Kier alpha value is -2.82. The van der Waals surface area contributed by atoms with Crippen LogP contribution in [0.15, 0.2) is 48.5 Å². The number of nitrogens with one attached hydrogen (secondary N) is 1. The number of anilines is 1. The Morgan fingerprint density at radius 1 is 1.08 bits per heavy atom. The number of carbonyl (C=O) groups excluding carboxylic acids is 2. The van der Waals surface area contributed by atoms with Gasteiger partial charge in [0.2, 0.25) is 0 Å². The van der Waals surface area contributed by atoms with Crippen LogP contribution < -0.4 is 10.1 Å². The van der Waals surface area contributed by atoms with Crippen molar-refractivity contribution in [2.45, 2.75) is 27.2 Å². The molecule has 0 unspecified atom stereocenters. The zero-order valence-electron chi connectivity index (χ0n) is 15.5. The molecule has 5 nitrogen and oxygen atoms in total. The van der Waals surface area contributed by atoms with Crippen molar-refractivity contribution >= 4 is 17.6 Å². The van der Waals surface area contributed by atoms with E-state index in [0.717, 1.165) is 12.0 Å². The summed E-state index contributed by atoms with van der Waals surface area (Å²) in [5.74, 6) is 0.520. The highest BCUT2D eigenvalue weighted by atomic mass is 16.5. The zero-order chi connectivity index (χ0) is 18.9. The lowest BCUT2D eigenvalue weighted by Crippen LogP contribution is -2.20. The SMILES string of the molecule is Cc1cccc(OCC(=O)Nc2ccc(C(=O)OCCC(C)C)cc2)c1. The molecule has 0 saturated heterocycles. The van der Waals surface area contributed by atoms with Crippen LogP contribution in [-0.2, 0) is 9.53 Å². The maximum atomic E-state index is 12.0. The van der Waals surface area contributed by atoms with Gasteiger partial charge in [-0.1, -0.05) is 26.0 Å². The van der Waals surface area contributed by atoms with E-state index in [0.29, 0.717) is 29.5 Å². The first-order valence-electron chi connectivity index (χ1n) is 8.70. The third-order valence-electron chi connectivity index (χ3n) is 3.69. The number of ether oxygens (including phenoxy) is 2. The molecule has 0 fully saturated rings. The van der Waals surface area contributed by atoms with E-state index in [-0.39, 0.29) is 18.5 Å². The molecule has 2 rings (SSSR count). The monoisotopic (exact) mass is 355 g/mol. The molecule has 0 heterocycles. The Labute approximate surface area is 154 Å². The van der Waals surface area contributed by atoms with Crippen molar-refractivity contribution in [2.24, 2.45) is 5.92 Å². The summed E-state index contributed by atoms with van der Waals surface area (Å²) in [6.07, 6.45) is 0.834. The average molecular weight is 355 g/mol. The van der Waals surface area contributed by atoms with Crippen LogP contribution in [0.25, 0.3) is 0 Å². The van der Waals surface area contributed by atoms with Crippen molar-refractivity contribution in [3.63, 3.8) is 0 Å². The Morgan fingerprint density at radius 2 is 1.81 bits per heavy atom. The van der Waals surface area contributed by atoms with Crippen molar-refractivity contribution in [1.82, 2.24) is 0 Å². The molecule has 0 radical (unpaired) electrons. The van der Waals surface area contributed by atoms with Gasteiger partial charge in [0, 0.05) is 5.69 Å². The lowest BCUT2D eigenvalue weighted by atomic mass is 10.1. The maximum absolute atomic E-state index is 12.0. The van der Waals surface area contributed by atoms with Gasteiger partial charge in [-0.05, 0) is 61.2 Å². The van der Waals surface area contributed by atoms with Gasteiger partial charge in [0.05, 0.1) is 12.2 Å². The fraction of sp³-hybridized carbons (Fsp3) is 0.333. The molecule has 1 amide bonds. The van der Waals surface area contributed by atoms with Gasteiger partial charge in [-0.3, -0.25) is 4.79 Å². The predicted octanol–water partition coefficient (Wildman–Crippen LogP) is 4.22. The third kappa shape index (κ3) is 6.59. The number of benzene rings is 2. The molecule has 2 aromatic carbocycles. The molecule has 1 N–H and O–H groups in total. The number of hydrogen-bond donors (Lipinski definition) is 1. The van der Waals surface area contributed by atoms with Gasteiger partial charge in [0.25, 0.3) is 5.91 Å². The van der Waals surface area contributed by atoms with Gasteiger partial charge in [-0.25, -0.2) is 4.79 Å². The summed E-state index contributed by atoms with van der Waals surface area (Å²) in [4.78, 5) is 23.9. The first-order valence-corrected chi connectivity index (χ1v) is 8.70. The lowest BCUT2D eigenvalue weighted by Gasteiger charge is -2.09. The second kappa shape index (κ2) is 9.61. The molecule has 0 bridgehead atoms. The molecule has 5 heteroatoms. The zero-order valence-corrected chi connectivity index (χ0v) is 15.5. The fourth-order valence-corrected chi connectivity index (χ4v) is 2.21. The Morgan fingerprint density at radius 3 is 2.46 bits per heavy atom. The summed E-state index contributed by atoms with van der Waals surface area (Å²) >= 11 is 0. The van der Waals surface area contributed by atoms with Crippen LogP contribution in [0.2, 0.25) is 0 Å². The first kappa shape index (κ1) is 19.5. The Bertz CT molecular complexity index is 738. The van der Waals surface area contributed by atoms with Crippen molar-refractivity contribution in [3.8, 4) is 5.75 Å². The van der Waals surface area contributed by atoms with Gasteiger partial charge in [0.1, 0.15) is 5.75 Å². The van der Waals surface area contributed by atoms with E-state index in [1.807, 2.05) is 25.1 Å². The minimum atomic E-state index is -0.355. The molecule has 0 aliphatic carbocycles. The quantitative estimate of drug-likeness (QED) is 0.720.